The molecule has 1 N–H and O–H groups in total. The molecule has 1 atom stereocenters. The predicted molar refractivity (Wildman–Crippen MR) is 125 cm³/mol. The lowest BCUT2D eigenvalue weighted by Crippen LogP contribution is -2.57. The van der Waals surface area contributed by atoms with E-state index in [0.717, 1.165) is 36.5 Å². The average Bonchev–Trinajstić information content (AvgIpc) is 2.85. The lowest BCUT2D eigenvalue weighted by Gasteiger charge is -2.40. The van der Waals surface area contributed by atoms with Crippen LogP contribution in [0.2, 0.25) is 0 Å². The average molecular weight is 431 g/mol. The first-order chi connectivity index (χ1) is 15.7. The number of nitrogens with one attached hydrogen (secondary N) is 1. The first kappa shape index (κ1) is 22.0. The second-order valence-electron chi connectivity index (χ2n) is 8.12. The van der Waals surface area contributed by atoms with Gasteiger partial charge in [-0.1, -0.05) is 48.5 Å². The van der Waals surface area contributed by atoms with E-state index >= 15 is 0 Å². The van der Waals surface area contributed by atoms with Crippen LogP contribution in [-0.2, 0) is 24.5 Å². The molecule has 1 saturated heterocycles. The lowest BCUT2D eigenvalue weighted by molar-refractivity contribution is -0.128. The molecule has 3 aromatic rings. The summed E-state index contributed by atoms with van der Waals surface area (Å²) in [6.07, 6.45) is 3.57. The van der Waals surface area contributed by atoms with Crippen molar-refractivity contribution in [1.82, 2.24) is 20.1 Å². The Hall–Kier alpha value is -3.22. The normalized spacial score (nSPS) is 17.1. The van der Waals surface area contributed by atoms with Gasteiger partial charge in [0.1, 0.15) is 18.4 Å². The number of hydrogen-bond donors (Lipinski definition) is 1. The van der Waals surface area contributed by atoms with E-state index in [2.05, 4.69) is 56.5 Å². The Bertz CT molecular complexity index is 997. The standard InChI is InChI=1S/C26H30N4O2/c1-27-26(31)25-19-29(17-21-7-3-2-4-8-21)13-14-30(25)18-22-9-5-11-24(15-22)32-20-23-10-6-12-28-16-23/h2-12,15-16,25H,13-14,17-20H2,1H3,(H,27,31)/t25-/m1/s1. The Labute approximate surface area is 189 Å². The zero-order valence-electron chi connectivity index (χ0n) is 18.5. The SMILES string of the molecule is CNC(=O)[C@H]1CN(Cc2ccccc2)CCN1Cc1cccc(OCc2cccnc2)c1. The Morgan fingerprint density at radius 2 is 1.81 bits per heavy atom. The van der Waals surface area contributed by atoms with Gasteiger partial charge in [0, 0.05) is 57.7 Å². The molecule has 1 amide bonds. The topological polar surface area (TPSA) is 57.7 Å². The summed E-state index contributed by atoms with van der Waals surface area (Å²) in [4.78, 5) is 21.4. The van der Waals surface area contributed by atoms with Crippen molar-refractivity contribution in [2.45, 2.75) is 25.7 Å². The number of likely N-dealkylation sites (N-methyl/N-ethyl adjacent to an activating group) is 1. The van der Waals surface area contributed by atoms with E-state index < -0.39 is 0 Å². The Morgan fingerprint density at radius 3 is 2.59 bits per heavy atom. The number of amides is 1. The summed E-state index contributed by atoms with van der Waals surface area (Å²) in [6.45, 7) is 4.54. The number of aromatic nitrogens is 1. The number of hydrogen-bond acceptors (Lipinski definition) is 5. The molecule has 6 nitrogen and oxygen atoms in total. The number of piperazine rings is 1. The molecule has 1 fully saturated rings. The summed E-state index contributed by atoms with van der Waals surface area (Å²) in [5.74, 6) is 0.886. The van der Waals surface area contributed by atoms with Gasteiger partial charge < -0.3 is 10.1 Å². The maximum absolute atomic E-state index is 12.7. The van der Waals surface area contributed by atoms with Gasteiger partial charge in [0.05, 0.1) is 0 Å². The van der Waals surface area contributed by atoms with E-state index in [1.165, 1.54) is 5.56 Å². The van der Waals surface area contributed by atoms with Gasteiger partial charge in [0.2, 0.25) is 5.91 Å². The minimum Gasteiger partial charge on any atom is -0.489 e. The fourth-order valence-electron chi connectivity index (χ4n) is 4.09. The number of ether oxygens (including phenoxy) is 1. The van der Waals surface area contributed by atoms with Crippen molar-refractivity contribution in [1.29, 1.82) is 0 Å². The van der Waals surface area contributed by atoms with Crippen molar-refractivity contribution in [3.05, 3.63) is 95.8 Å². The molecule has 1 aromatic heterocycles. The quantitative estimate of drug-likeness (QED) is 0.595. The number of rotatable bonds is 8. The molecule has 166 valence electrons. The number of carbonyl (C=O) groups excluding carboxylic acids is 1. The van der Waals surface area contributed by atoms with Crippen molar-refractivity contribution in [2.75, 3.05) is 26.7 Å². The number of nitrogens with zero attached hydrogens (tertiary/aromatic N) is 3. The highest BCUT2D eigenvalue weighted by Crippen LogP contribution is 2.20. The highest BCUT2D eigenvalue weighted by atomic mass is 16.5. The van der Waals surface area contributed by atoms with Gasteiger partial charge in [0.15, 0.2) is 0 Å². The monoisotopic (exact) mass is 430 g/mol. The summed E-state index contributed by atoms with van der Waals surface area (Å²) in [5.41, 5.74) is 3.45. The molecule has 6 heteroatoms. The molecule has 4 rings (SSSR count). The molecule has 2 aromatic carbocycles. The largest absolute Gasteiger partial charge is 0.489 e. The van der Waals surface area contributed by atoms with Crippen LogP contribution in [0.15, 0.2) is 79.1 Å². The van der Waals surface area contributed by atoms with Gasteiger partial charge in [-0.15, -0.1) is 0 Å². The third kappa shape index (κ3) is 5.93. The fraction of sp³-hybridized carbons (Fsp3) is 0.308. The minimum absolute atomic E-state index is 0.0618. The molecule has 0 bridgehead atoms. The first-order valence-electron chi connectivity index (χ1n) is 11.0. The molecular formula is C26H30N4O2. The third-order valence-corrected chi connectivity index (χ3v) is 5.79. The predicted octanol–water partition coefficient (Wildman–Crippen LogP) is 3.09. The second kappa shape index (κ2) is 10.9. The van der Waals surface area contributed by atoms with Crippen LogP contribution < -0.4 is 10.1 Å². The van der Waals surface area contributed by atoms with E-state index in [4.69, 9.17) is 4.74 Å². The Morgan fingerprint density at radius 1 is 1.00 bits per heavy atom. The van der Waals surface area contributed by atoms with Crippen LogP contribution in [0.25, 0.3) is 0 Å². The van der Waals surface area contributed by atoms with E-state index in [-0.39, 0.29) is 11.9 Å². The maximum atomic E-state index is 12.7. The molecule has 0 radical (unpaired) electrons. The molecule has 2 heterocycles. The van der Waals surface area contributed by atoms with Gasteiger partial charge in [-0.3, -0.25) is 19.6 Å². The molecule has 0 saturated carbocycles. The van der Waals surface area contributed by atoms with Gasteiger partial charge >= 0.3 is 0 Å². The van der Waals surface area contributed by atoms with Crippen LogP contribution in [-0.4, -0.2) is 53.4 Å². The summed E-state index contributed by atoms with van der Waals surface area (Å²) in [7, 11) is 1.71. The smallest absolute Gasteiger partial charge is 0.238 e. The van der Waals surface area contributed by atoms with Crippen LogP contribution in [0.1, 0.15) is 16.7 Å². The van der Waals surface area contributed by atoms with Crippen molar-refractivity contribution < 1.29 is 9.53 Å². The van der Waals surface area contributed by atoms with Crippen LogP contribution in [0.5, 0.6) is 5.75 Å². The molecule has 1 aliphatic rings. The third-order valence-electron chi connectivity index (χ3n) is 5.79. The second-order valence-corrected chi connectivity index (χ2v) is 8.12. The van der Waals surface area contributed by atoms with Crippen LogP contribution >= 0.6 is 0 Å². The minimum atomic E-state index is -0.183. The van der Waals surface area contributed by atoms with Gasteiger partial charge in [-0.2, -0.15) is 0 Å². The van der Waals surface area contributed by atoms with Crippen LogP contribution in [0.3, 0.4) is 0 Å². The van der Waals surface area contributed by atoms with Crippen molar-refractivity contribution in [3.63, 3.8) is 0 Å². The molecule has 32 heavy (non-hydrogen) atoms. The molecular weight excluding hydrogens is 400 g/mol. The van der Waals surface area contributed by atoms with E-state index in [0.29, 0.717) is 19.7 Å². The summed E-state index contributed by atoms with van der Waals surface area (Å²) < 4.78 is 5.95. The van der Waals surface area contributed by atoms with Crippen LogP contribution in [0, 0.1) is 0 Å². The van der Waals surface area contributed by atoms with Gasteiger partial charge in [-0.25, -0.2) is 0 Å². The molecule has 0 unspecified atom stereocenters. The van der Waals surface area contributed by atoms with Crippen molar-refractivity contribution in [2.24, 2.45) is 0 Å². The van der Waals surface area contributed by atoms with Gasteiger partial charge in [-0.05, 0) is 29.3 Å². The van der Waals surface area contributed by atoms with Gasteiger partial charge in [0.25, 0.3) is 0 Å². The first-order valence-corrected chi connectivity index (χ1v) is 11.0. The summed E-state index contributed by atoms with van der Waals surface area (Å²) in [5, 5.41) is 2.85. The van der Waals surface area contributed by atoms with E-state index in [1.807, 2.05) is 36.5 Å². The number of benzene rings is 2. The van der Waals surface area contributed by atoms with E-state index in [1.54, 1.807) is 13.2 Å². The Balaban J connectivity index is 1.39. The van der Waals surface area contributed by atoms with Crippen LogP contribution in [0.4, 0.5) is 0 Å². The summed E-state index contributed by atoms with van der Waals surface area (Å²) in [6, 6.07) is 22.3. The van der Waals surface area contributed by atoms with Crippen molar-refractivity contribution >= 4 is 5.91 Å². The maximum Gasteiger partial charge on any atom is 0.238 e. The number of pyridine rings is 1. The lowest BCUT2D eigenvalue weighted by atomic mass is 10.1. The molecule has 0 spiro atoms. The highest BCUT2D eigenvalue weighted by molar-refractivity contribution is 5.81. The molecule has 1 aliphatic heterocycles. The molecule has 0 aliphatic carbocycles. The number of carbonyl (C=O) groups is 1. The zero-order valence-corrected chi connectivity index (χ0v) is 18.5. The zero-order chi connectivity index (χ0) is 22.2. The summed E-state index contributed by atoms with van der Waals surface area (Å²) >= 11 is 0. The van der Waals surface area contributed by atoms with Crippen molar-refractivity contribution in [3.8, 4) is 5.75 Å². The highest BCUT2D eigenvalue weighted by Gasteiger charge is 2.31. The Kier molecular flexibility index (Phi) is 7.48. The van der Waals surface area contributed by atoms with E-state index in [9.17, 15) is 4.79 Å². The fourth-order valence-corrected chi connectivity index (χ4v) is 4.09.